The Morgan fingerprint density at radius 3 is 2.29 bits per heavy atom. The van der Waals surface area contributed by atoms with Gasteiger partial charge in [0, 0.05) is 6.04 Å². The van der Waals surface area contributed by atoms with Crippen molar-refractivity contribution in [2.24, 2.45) is 5.41 Å². The summed E-state index contributed by atoms with van der Waals surface area (Å²) in [5.41, 5.74) is 0.810. The fraction of sp³-hybridized carbons (Fsp3) is 1.00. The van der Waals surface area contributed by atoms with Gasteiger partial charge < -0.3 is 5.32 Å². The molecule has 0 amide bonds. The molecule has 0 bridgehead atoms. The van der Waals surface area contributed by atoms with Crippen molar-refractivity contribution in [3.05, 3.63) is 0 Å². The van der Waals surface area contributed by atoms with Gasteiger partial charge in [-0.1, -0.05) is 19.8 Å². The zero-order valence-corrected chi connectivity index (χ0v) is 9.65. The lowest BCUT2D eigenvalue weighted by molar-refractivity contribution is 0.169. The Bertz CT molecular complexity index is 160. The van der Waals surface area contributed by atoms with Gasteiger partial charge in [-0.15, -0.1) is 0 Å². The van der Waals surface area contributed by atoms with Gasteiger partial charge in [-0.3, -0.25) is 0 Å². The minimum atomic E-state index is 0.810. The summed E-state index contributed by atoms with van der Waals surface area (Å²) in [6.07, 6.45) is 13.3. The Balaban J connectivity index is 1.74. The van der Waals surface area contributed by atoms with Crippen LogP contribution in [0.2, 0.25) is 0 Å². The Morgan fingerprint density at radius 1 is 1.07 bits per heavy atom. The van der Waals surface area contributed by atoms with Gasteiger partial charge in [-0.2, -0.15) is 0 Å². The summed E-state index contributed by atoms with van der Waals surface area (Å²) in [4.78, 5) is 0. The summed E-state index contributed by atoms with van der Waals surface area (Å²) in [6, 6.07) is 0.848. The molecule has 0 atom stereocenters. The van der Waals surface area contributed by atoms with Gasteiger partial charge in [0.1, 0.15) is 0 Å². The zero-order valence-electron chi connectivity index (χ0n) is 9.65. The molecule has 82 valence electrons. The molecular weight excluding hydrogens is 170 g/mol. The molecule has 2 aliphatic carbocycles. The van der Waals surface area contributed by atoms with E-state index < -0.39 is 0 Å². The summed E-state index contributed by atoms with van der Waals surface area (Å²) >= 11 is 0. The van der Waals surface area contributed by atoms with Crippen LogP contribution >= 0.6 is 0 Å². The van der Waals surface area contributed by atoms with E-state index in [0.717, 1.165) is 11.5 Å². The summed E-state index contributed by atoms with van der Waals surface area (Å²) in [6.45, 7) is 3.48. The summed E-state index contributed by atoms with van der Waals surface area (Å²) in [7, 11) is 0. The van der Waals surface area contributed by atoms with Crippen LogP contribution in [0.15, 0.2) is 0 Å². The molecule has 1 nitrogen and oxygen atoms in total. The van der Waals surface area contributed by atoms with E-state index in [1.54, 1.807) is 0 Å². The Labute approximate surface area is 88.7 Å². The van der Waals surface area contributed by atoms with Crippen LogP contribution in [0.25, 0.3) is 0 Å². The highest BCUT2D eigenvalue weighted by atomic mass is 14.9. The first kappa shape index (κ1) is 10.5. The molecule has 0 radical (unpaired) electrons. The second-order valence-corrected chi connectivity index (χ2v) is 5.44. The topological polar surface area (TPSA) is 12.0 Å². The molecule has 0 aromatic rings. The van der Waals surface area contributed by atoms with Crippen molar-refractivity contribution in [1.29, 1.82) is 0 Å². The van der Waals surface area contributed by atoms with Gasteiger partial charge in [0.05, 0.1) is 0 Å². The molecule has 2 fully saturated rings. The van der Waals surface area contributed by atoms with Gasteiger partial charge in [-0.05, 0) is 56.9 Å². The van der Waals surface area contributed by atoms with Crippen LogP contribution in [0.5, 0.6) is 0 Å². The third kappa shape index (κ3) is 2.31. The van der Waals surface area contributed by atoms with Crippen LogP contribution in [-0.4, -0.2) is 12.6 Å². The Hall–Kier alpha value is -0.0400. The minimum absolute atomic E-state index is 0.810. The van der Waals surface area contributed by atoms with Crippen molar-refractivity contribution < 1.29 is 0 Å². The summed E-state index contributed by atoms with van der Waals surface area (Å²) in [5, 5.41) is 3.68. The van der Waals surface area contributed by atoms with Crippen molar-refractivity contribution in [2.75, 3.05) is 6.54 Å². The first-order valence-electron chi connectivity index (χ1n) is 6.58. The highest BCUT2D eigenvalue weighted by Gasteiger charge is 2.37. The van der Waals surface area contributed by atoms with E-state index in [-0.39, 0.29) is 0 Å². The van der Waals surface area contributed by atoms with Crippen LogP contribution in [0, 0.1) is 5.41 Å². The third-order valence-electron chi connectivity index (χ3n) is 4.39. The monoisotopic (exact) mass is 195 g/mol. The van der Waals surface area contributed by atoms with Crippen LogP contribution in [0.1, 0.15) is 64.7 Å². The molecule has 0 aliphatic heterocycles. The highest BCUT2D eigenvalue weighted by molar-refractivity contribution is 4.91. The van der Waals surface area contributed by atoms with Gasteiger partial charge in [0.2, 0.25) is 0 Å². The molecule has 2 aliphatic rings. The van der Waals surface area contributed by atoms with Gasteiger partial charge in [0.25, 0.3) is 0 Å². The van der Waals surface area contributed by atoms with Crippen LogP contribution in [0.4, 0.5) is 0 Å². The van der Waals surface area contributed by atoms with Gasteiger partial charge in [0.15, 0.2) is 0 Å². The zero-order chi connectivity index (χ0) is 9.86. The van der Waals surface area contributed by atoms with E-state index in [1.807, 2.05) is 0 Å². The molecule has 2 saturated carbocycles. The Kier molecular flexibility index (Phi) is 3.48. The molecule has 0 unspecified atom stereocenters. The standard InChI is InChI=1S/C13H25N/c1-2-11-14-12-5-9-13(10-6-12)7-3-4-8-13/h12,14H,2-11H2,1H3. The van der Waals surface area contributed by atoms with Crippen LogP contribution in [-0.2, 0) is 0 Å². The SMILES string of the molecule is CCCNC1CCC2(CCCC2)CC1. The first-order valence-corrected chi connectivity index (χ1v) is 6.58. The van der Waals surface area contributed by atoms with Crippen molar-refractivity contribution in [3.63, 3.8) is 0 Å². The molecule has 1 spiro atoms. The fourth-order valence-electron chi connectivity index (χ4n) is 3.41. The van der Waals surface area contributed by atoms with Crippen LogP contribution < -0.4 is 5.32 Å². The van der Waals surface area contributed by atoms with E-state index in [0.29, 0.717) is 0 Å². The summed E-state index contributed by atoms with van der Waals surface area (Å²) < 4.78 is 0. The maximum atomic E-state index is 3.68. The normalized spacial score (nSPS) is 27.2. The number of rotatable bonds is 3. The minimum Gasteiger partial charge on any atom is -0.314 e. The lowest BCUT2D eigenvalue weighted by atomic mass is 9.71. The molecule has 1 heteroatoms. The smallest absolute Gasteiger partial charge is 0.00674 e. The largest absolute Gasteiger partial charge is 0.314 e. The fourth-order valence-corrected chi connectivity index (χ4v) is 3.41. The summed E-state index contributed by atoms with van der Waals surface area (Å²) in [5.74, 6) is 0. The average molecular weight is 195 g/mol. The molecule has 0 saturated heterocycles. The highest BCUT2D eigenvalue weighted by Crippen LogP contribution is 2.48. The Morgan fingerprint density at radius 2 is 1.71 bits per heavy atom. The maximum Gasteiger partial charge on any atom is 0.00674 e. The van der Waals surface area contributed by atoms with E-state index in [4.69, 9.17) is 0 Å². The van der Waals surface area contributed by atoms with Crippen molar-refractivity contribution >= 4 is 0 Å². The maximum absolute atomic E-state index is 3.68. The molecule has 2 rings (SSSR count). The van der Waals surface area contributed by atoms with Crippen molar-refractivity contribution in [1.82, 2.24) is 5.32 Å². The average Bonchev–Trinajstić information content (AvgIpc) is 2.66. The molecule has 0 aromatic heterocycles. The van der Waals surface area contributed by atoms with Gasteiger partial charge in [-0.25, -0.2) is 0 Å². The number of hydrogen-bond donors (Lipinski definition) is 1. The quantitative estimate of drug-likeness (QED) is 0.727. The molecule has 0 aromatic carbocycles. The van der Waals surface area contributed by atoms with E-state index in [9.17, 15) is 0 Å². The second-order valence-electron chi connectivity index (χ2n) is 5.44. The number of hydrogen-bond acceptors (Lipinski definition) is 1. The molecular formula is C13H25N. The molecule has 0 heterocycles. The predicted molar refractivity (Wildman–Crippen MR) is 61.5 cm³/mol. The van der Waals surface area contributed by atoms with Crippen molar-refractivity contribution in [3.8, 4) is 0 Å². The second kappa shape index (κ2) is 4.65. The first-order chi connectivity index (χ1) is 6.85. The molecule has 14 heavy (non-hydrogen) atoms. The molecule has 1 N–H and O–H groups in total. The van der Waals surface area contributed by atoms with Gasteiger partial charge >= 0.3 is 0 Å². The lowest BCUT2D eigenvalue weighted by Gasteiger charge is -2.37. The number of nitrogens with one attached hydrogen (secondary N) is 1. The third-order valence-corrected chi connectivity index (χ3v) is 4.39. The predicted octanol–water partition coefficient (Wildman–Crippen LogP) is 3.49. The van der Waals surface area contributed by atoms with Crippen LogP contribution in [0.3, 0.4) is 0 Å². The van der Waals surface area contributed by atoms with E-state index in [1.165, 1.54) is 64.3 Å². The lowest BCUT2D eigenvalue weighted by Crippen LogP contribution is -2.36. The van der Waals surface area contributed by atoms with Crippen molar-refractivity contribution in [2.45, 2.75) is 70.8 Å². The van der Waals surface area contributed by atoms with E-state index in [2.05, 4.69) is 12.2 Å². The van der Waals surface area contributed by atoms with E-state index >= 15 is 0 Å².